The van der Waals surface area contributed by atoms with Crippen molar-refractivity contribution in [2.24, 2.45) is 0 Å². The maximum absolute atomic E-state index is 12.3. The third-order valence-corrected chi connectivity index (χ3v) is 4.64. The number of aryl methyl sites for hydroxylation is 2. The second-order valence-electron chi connectivity index (χ2n) is 4.86. The van der Waals surface area contributed by atoms with Crippen LogP contribution >= 0.6 is 11.3 Å². The first-order chi connectivity index (χ1) is 8.65. The maximum atomic E-state index is 12.3. The molecule has 1 aliphatic heterocycles. The Morgan fingerprint density at radius 3 is 2.89 bits per heavy atom. The molecule has 4 heteroatoms. The molecular formula is C14H21NO2S. The number of amides is 1. The third-order valence-electron chi connectivity index (χ3n) is 3.42. The topological polar surface area (TPSA) is 40.5 Å². The fraction of sp³-hybridized carbons (Fsp3) is 0.643. The van der Waals surface area contributed by atoms with E-state index in [1.165, 1.54) is 10.4 Å². The van der Waals surface area contributed by atoms with E-state index in [9.17, 15) is 9.90 Å². The number of aliphatic hydroxyl groups is 1. The molecule has 0 aromatic carbocycles. The zero-order valence-electron chi connectivity index (χ0n) is 11.1. The van der Waals surface area contributed by atoms with Crippen molar-refractivity contribution in [2.45, 2.75) is 45.6 Å². The summed E-state index contributed by atoms with van der Waals surface area (Å²) in [6.07, 6.45) is 3.53. The van der Waals surface area contributed by atoms with E-state index in [0.29, 0.717) is 19.5 Å². The van der Waals surface area contributed by atoms with E-state index < -0.39 is 0 Å². The first-order valence-corrected chi connectivity index (χ1v) is 7.56. The Labute approximate surface area is 112 Å². The summed E-state index contributed by atoms with van der Waals surface area (Å²) in [5.41, 5.74) is 1.31. The van der Waals surface area contributed by atoms with E-state index >= 15 is 0 Å². The summed E-state index contributed by atoms with van der Waals surface area (Å²) in [5.74, 6) is 0.0913. The van der Waals surface area contributed by atoms with Crippen LogP contribution in [0, 0.1) is 0 Å². The van der Waals surface area contributed by atoms with Crippen molar-refractivity contribution in [3.05, 3.63) is 21.4 Å². The molecule has 0 saturated carbocycles. The van der Waals surface area contributed by atoms with Gasteiger partial charge in [0.15, 0.2) is 0 Å². The first kappa shape index (κ1) is 13.6. The fourth-order valence-corrected chi connectivity index (χ4v) is 3.72. The Kier molecular flexibility index (Phi) is 4.40. The van der Waals surface area contributed by atoms with E-state index in [1.54, 1.807) is 16.2 Å². The van der Waals surface area contributed by atoms with Crippen molar-refractivity contribution in [1.29, 1.82) is 0 Å². The highest BCUT2D eigenvalue weighted by molar-refractivity contribution is 7.14. The average Bonchev–Trinajstić information content (AvgIpc) is 2.95. The lowest BCUT2D eigenvalue weighted by Gasteiger charge is -2.13. The van der Waals surface area contributed by atoms with Gasteiger partial charge in [-0.25, -0.2) is 0 Å². The van der Waals surface area contributed by atoms with Gasteiger partial charge in [-0.05, 0) is 30.9 Å². The van der Waals surface area contributed by atoms with Crippen molar-refractivity contribution >= 4 is 17.2 Å². The lowest BCUT2D eigenvalue weighted by molar-refractivity contribution is 0.0769. The first-order valence-electron chi connectivity index (χ1n) is 6.74. The highest BCUT2D eigenvalue weighted by Gasteiger charge is 2.26. The number of hydrogen-bond acceptors (Lipinski definition) is 3. The molecule has 1 saturated heterocycles. The van der Waals surface area contributed by atoms with Crippen LogP contribution in [0.4, 0.5) is 0 Å². The minimum absolute atomic E-state index is 0.0913. The molecular weight excluding hydrogens is 246 g/mol. The predicted octanol–water partition coefficient (Wildman–Crippen LogP) is 2.47. The smallest absolute Gasteiger partial charge is 0.264 e. The fourth-order valence-electron chi connectivity index (χ4n) is 2.39. The lowest BCUT2D eigenvalue weighted by atomic mass is 10.1. The van der Waals surface area contributed by atoms with Gasteiger partial charge in [-0.3, -0.25) is 4.79 Å². The zero-order chi connectivity index (χ0) is 13.1. The van der Waals surface area contributed by atoms with Crippen LogP contribution in [0.3, 0.4) is 0 Å². The number of rotatable bonds is 4. The second kappa shape index (κ2) is 5.85. The molecule has 1 aliphatic rings. The molecule has 1 amide bonds. The van der Waals surface area contributed by atoms with Gasteiger partial charge in [0.25, 0.3) is 5.91 Å². The number of hydrogen-bond donors (Lipinski definition) is 1. The molecule has 1 aromatic heterocycles. The Bertz CT molecular complexity index is 427. The van der Waals surface area contributed by atoms with Gasteiger partial charge in [-0.15, -0.1) is 11.3 Å². The van der Waals surface area contributed by atoms with Gasteiger partial charge in [0.2, 0.25) is 0 Å². The Hall–Kier alpha value is -0.870. The van der Waals surface area contributed by atoms with Gasteiger partial charge in [0.1, 0.15) is 0 Å². The van der Waals surface area contributed by atoms with E-state index in [1.807, 2.05) is 6.07 Å². The van der Waals surface area contributed by atoms with E-state index in [0.717, 1.165) is 24.1 Å². The zero-order valence-corrected chi connectivity index (χ0v) is 11.9. The molecule has 1 unspecified atom stereocenters. The second-order valence-corrected chi connectivity index (χ2v) is 5.99. The Morgan fingerprint density at radius 1 is 1.56 bits per heavy atom. The molecule has 2 heterocycles. The van der Waals surface area contributed by atoms with Crippen LogP contribution in [-0.4, -0.2) is 35.1 Å². The van der Waals surface area contributed by atoms with Crippen LogP contribution in [-0.2, 0) is 12.8 Å². The Balaban J connectivity index is 2.15. The van der Waals surface area contributed by atoms with Crippen molar-refractivity contribution in [2.75, 3.05) is 13.1 Å². The number of likely N-dealkylation sites (tertiary alicyclic amines) is 1. The van der Waals surface area contributed by atoms with Crippen LogP contribution in [0.2, 0.25) is 0 Å². The summed E-state index contributed by atoms with van der Waals surface area (Å²) in [5, 5.41) is 9.50. The molecule has 3 nitrogen and oxygen atoms in total. The minimum atomic E-state index is -0.338. The minimum Gasteiger partial charge on any atom is -0.391 e. The van der Waals surface area contributed by atoms with Gasteiger partial charge < -0.3 is 10.0 Å². The lowest BCUT2D eigenvalue weighted by Crippen LogP contribution is -2.28. The van der Waals surface area contributed by atoms with Crippen LogP contribution in [0.15, 0.2) is 6.07 Å². The number of aliphatic hydroxyl groups excluding tert-OH is 1. The summed E-state index contributed by atoms with van der Waals surface area (Å²) in [6.45, 7) is 5.47. The highest BCUT2D eigenvalue weighted by Crippen LogP contribution is 2.26. The predicted molar refractivity (Wildman–Crippen MR) is 74.2 cm³/mol. The highest BCUT2D eigenvalue weighted by atomic mass is 32.1. The molecule has 1 aromatic rings. The van der Waals surface area contributed by atoms with Gasteiger partial charge in [-0.2, -0.15) is 0 Å². The molecule has 2 rings (SSSR count). The molecule has 1 atom stereocenters. The SMILES string of the molecule is CCCc1sc(C(=O)N2CCC(O)C2)cc1CC. The Morgan fingerprint density at radius 2 is 2.33 bits per heavy atom. The van der Waals surface area contributed by atoms with Crippen molar-refractivity contribution < 1.29 is 9.90 Å². The summed E-state index contributed by atoms with van der Waals surface area (Å²) in [6, 6.07) is 2.04. The molecule has 1 fully saturated rings. The van der Waals surface area contributed by atoms with Gasteiger partial charge in [0.05, 0.1) is 11.0 Å². The molecule has 0 spiro atoms. The monoisotopic (exact) mass is 267 g/mol. The summed E-state index contributed by atoms with van der Waals surface area (Å²) in [4.78, 5) is 16.3. The van der Waals surface area contributed by atoms with E-state index in [4.69, 9.17) is 0 Å². The number of carbonyl (C=O) groups is 1. The largest absolute Gasteiger partial charge is 0.391 e. The van der Waals surface area contributed by atoms with Crippen molar-refractivity contribution in [3.63, 3.8) is 0 Å². The van der Waals surface area contributed by atoms with Crippen molar-refractivity contribution in [1.82, 2.24) is 4.90 Å². The quantitative estimate of drug-likeness (QED) is 0.910. The van der Waals surface area contributed by atoms with Crippen LogP contribution in [0.1, 0.15) is 46.8 Å². The number of thiophene rings is 1. The van der Waals surface area contributed by atoms with Gasteiger partial charge in [0, 0.05) is 18.0 Å². The molecule has 18 heavy (non-hydrogen) atoms. The number of carbonyl (C=O) groups excluding carboxylic acids is 1. The van der Waals surface area contributed by atoms with E-state index in [-0.39, 0.29) is 12.0 Å². The summed E-state index contributed by atoms with van der Waals surface area (Å²) in [7, 11) is 0. The molecule has 100 valence electrons. The molecule has 0 aliphatic carbocycles. The van der Waals surface area contributed by atoms with Gasteiger partial charge in [-0.1, -0.05) is 20.3 Å². The molecule has 0 bridgehead atoms. The molecule has 0 radical (unpaired) electrons. The third kappa shape index (κ3) is 2.75. The van der Waals surface area contributed by atoms with E-state index in [2.05, 4.69) is 13.8 Å². The van der Waals surface area contributed by atoms with Crippen molar-refractivity contribution in [3.8, 4) is 0 Å². The standard InChI is InChI=1S/C14H21NO2S/c1-3-5-12-10(4-2)8-13(18-12)14(17)15-7-6-11(16)9-15/h8,11,16H,3-7,9H2,1-2H3. The number of nitrogens with zero attached hydrogens (tertiary/aromatic N) is 1. The summed E-state index contributed by atoms with van der Waals surface area (Å²) < 4.78 is 0. The molecule has 1 N–H and O–H groups in total. The average molecular weight is 267 g/mol. The number of β-amino-alcohol motifs (C(OH)–C–C–N with tert-alkyl or cyclic N) is 1. The van der Waals surface area contributed by atoms with Crippen LogP contribution in [0.25, 0.3) is 0 Å². The maximum Gasteiger partial charge on any atom is 0.264 e. The van der Waals surface area contributed by atoms with Crippen LogP contribution in [0.5, 0.6) is 0 Å². The summed E-state index contributed by atoms with van der Waals surface area (Å²) >= 11 is 1.63. The normalized spacial score (nSPS) is 19.5. The van der Waals surface area contributed by atoms with Crippen LogP contribution < -0.4 is 0 Å². The van der Waals surface area contributed by atoms with Gasteiger partial charge >= 0.3 is 0 Å².